The van der Waals surface area contributed by atoms with Crippen molar-refractivity contribution in [2.24, 2.45) is 5.92 Å². The molecule has 1 heterocycles. The molecule has 0 aromatic carbocycles. The molecule has 3 heteroatoms. The van der Waals surface area contributed by atoms with E-state index in [-0.39, 0.29) is 0 Å². The Hall–Kier alpha value is -0.410. The first kappa shape index (κ1) is 14.0. The van der Waals surface area contributed by atoms with Crippen LogP contribution in [0.2, 0.25) is 0 Å². The third kappa shape index (κ3) is 3.79. The summed E-state index contributed by atoms with van der Waals surface area (Å²) in [5.74, 6) is 0.835. The Bertz CT molecular complexity index is 376. The highest BCUT2D eigenvalue weighted by Gasteiger charge is 2.31. The Morgan fingerprint density at radius 3 is 2.94 bits per heavy atom. The first-order valence-electron chi connectivity index (χ1n) is 7.25. The average Bonchev–Trinajstić information content (AvgIpc) is 2.62. The number of aliphatic hydroxyl groups is 1. The molecule has 0 radical (unpaired) electrons. The molecule has 1 N–H and O–H groups in total. The molecule has 1 fully saturated rings. The van der Waals surface area contributed by atoms with Gasteiger partial charge in [0.05, 0.1) is 10.6 Å². The molecule has 102 valence electrons. The van der Waals surface area contributed by atoms with Gasteiger partial charge in [-0.2, -0.15) is 0 Å². The molecular formula is C15H25NOS. The van der Waals surface area contributed by atoms with Crippen molar-refractivity contribution < 1.29 is 5.11 Å². The van der Waals surface area contributed by atoms with Gasteiger partial charge in [0.25, 0.3) is 0 Å². The largest absolute Gasteiger partial charge is 0.389 e. The van der Waals surface area contributed by atoms with E-state index in [2.05, 4.69) is 17.3 Å². The van der Waals surface area contributed by atoms with E-state index in [9.17, 15) is 5.11 Å². The van der Waals surface area contributed by atoms with E-state index in [4.69, 9.17) is 0 Å². The second-order valence-corrected chi connectivity index (χ2v) is 6.81. The van der Waals surface area contributed by atoms with Crippen LogP contribution in [0, 0.1) is 12.8 Å². The number of aromatic nitrogens is 1. The minimum absolute atomic E-state index is 0.493. The topological polar surface area (TPSA) is 33.1 Å². The lowest BCUT2D eigenvalue weighted by Gasteiger charge is -2.25. The number of hydrogen-bond acceptors (Lipinski definition) is 3. The van der Waals surface area contributed by atoms with Crippen molar-refractivity contribution in [3.8, 4) is 0 Å². The molecule has 0 amide bonds. The monoisotopic (exact) mass is 267 g/mol. The zero-order chi connectivity index (χ0) is 13.0. The summed E-state index contributed by atoms with van der Waals surface area (Å²) in [6.07, 6.45) is 8.92. The van der Waals surface area contributed by atoms with Gasteiger partial charge in [0.15, 0.2) is 0 Å². The quantitative estimate of drug-likeness (QED) is 0.833. The molecule has 1 aromatic heterocycles. The molecule has 1 aliphatic carbocycles. The molecule has 18 heavy (non-hydrogen) atoms. The first-order valence-corrected chi connectivity index (χ1v) is 8.13. The Kier molecular flexibility index (Phi) is 4.79. The molecule has 2 unspecified atom stereocenters. The van der Waals surface area contributed by atoms with Crippen LogP contribution in [-0.2, 0) is 6.42 Å². The highest BCUT2D eigenvalue weighted by molar-refractivity contribution is 7.09. The van der Waals surface area contributed by atoms with Crippen LogP contribution < -0.4 is 0 Å². The van der Waals surface area contributed by atoms with E-state index in [1.807, 2.05) is 6.92 Å². The van der Waals surface area contributed by atoms with E-state index in [1.54, 1.807) is 11.3 Å². The Balaban J connectivity index is 1.94. The van der Waals surface area contributed by atoms with Crippen LogP contribution in [0.1, 0.15) is 62.6 Å². The molecule has 2 atom stereocenters. The summed E-state index contributed by atoms with van der Waals surface area (Å²) in [5.41, 5.74) is 0.586. The number of thiazole rings is 1. The predicted molar refractivity (Wildman–Crippen MR) is 77.0 cm³/mol. The summed E-state index contributed by atoms with van der Waals surface area (Å²) in [6, 6.07) is 0. The van der Waals surface area contributed by atoms with Crippen molar-refractivity contribution >= 4 is 11.3 Å². The van der Waals surface area contributed by atoms with E-state index >= 15 is 0 Å². The number of rotatable bonds is 4. The van der Waals surface area contributed by atoms with E-state index < -0.39 is 5.60 Å². The van der Waals surface area contributed by atoms with Crippen molar-refractivity contribution in [1.29, 1.82) is 0 Å². The summed E-state index contributed by atoms with van der Waals surface area (Å²) in [6.45, 7) is 4.28. The van der Waals surface area contributed by atoms with Gasteiger partial charge < -0.3 is 5.11 Å². The molecule has 1 saturated carbocycles. The van der Waals surface area contributed by atoms with Crippen LogP contribution >= 0.6 is 11.3 Å². The van der Waals surface area contributed by atoms with Crippen LogP contribution in [0.15, 0.2) is 5.38 Å². The average molecular weight is 267 g/mol. The fraction of sp³-hybridized carbons (Fsp3) is 0.800. The summed E-state index contributed by atoms with van der Waals surface area (Å²) in [5, 5.41) is 13.9. The summed E-state index contributed by atoms with van der Waals surface area (Å²) in [7, 11) is 0. The van der Waals surface area contributed by atoms with Gasteiger partial charge in [-0.1, -0.05) is 32.6 Å². The van der Waals surface area contributed by atoms with Gasteiger partial charge in [0.2, 0.25) is 0 Å². The normalized spacial score (nSPS) is 29.2. The SMILES string of the molecule is CCCC1CCCC(O)(Cc2nc(C)cs2)CC1. The van der Waals surface area contributed by atoms with Gasteiger partial charge in [0.1, 0.15) is 0 Å². The molecular weight excluding hydrogens is 242 g/mol. The van der Waals surface area contributed by atoms with Crippen LogP contribution in [-0.4, -0.2) is 15.7 Å². The number of aryl methyl sites for hydroxylation is 1. The second kappa shape index (κ2) is 6.16. The fourth-order valence-electron chi connectivity index (χ4n) is 3.10. The molecule has 0 saturated heterocycles. The Morgan fingerprint density at radius 2 is 2.28 bits per heavy atom. The van der Waals surface area contributed by atoms with Gasteiger partial charge in [-0.05, 0) is 32.1 Å². The predicted octanol–water partition coefficient (Wildman–Crippen LogP) is 4.11. The third-order valence-electron chi connectivity index (χ3n) is 4.12. The first-order chi connectivity index (χ1) is 8.61. The fourth-order valence-corrected chi connectivity index (χ4v) is 4.01. The molecule has 1 aliphatic rings. The third-order valence-corrected chi connectivity index (χ3v) is 5.08. The van der Waals surface area contributed by atoms with E-state index in [0.717, 1.165) is 35.9 Å². The van der Waals surface area contributed by atoms with Gasteiger partial charge in [0, 0.05) is 17.5 Å². The second-order valence-electron chi connectivity index (χ2n) is 5.87. The maximum atomic E-state index is 10.8. The Morgan fingerprint density at radius 1 is 1.44 bits per heavy atom. The summed E-state index contributed by atoms with van der Waals surface area (Å²) < 4.78 is 0. The van der Waals surface area contributed by atoms with Gasteiger partial charge >= 0.3 is 0 Å². The van der Waals surface area contributed by atoms with Crippen LogP contribution in [0.3, 0.4) is 0 Å². The summed E-state index contributed by atoms with van der Waals surface area (Å²) >= 11 is 1.69. The van der Waals surface area contributed by atoms with Crippen molar-refractivity contribution in [3.05, 3.63) is 16.1 Å². The molecule has 1 aromatic rings. The zero-order valence-corrected chi connectivity index (χ0v) is 12.4. The smallest absolute Gasteiger partial charge is 0.0956 e. The van der Waals surface area contributed by atoms with Gasteiger partial charge in [-0.25, -0.2) is 4.98 Å². The minimum Gasteiger partial charge on any atom is -0.389 e. The number of hydrogen-bond donors (Lipinski definition) is 1. The standard InChI is InChI=1S/C15H25NOS/c1-3-5-13-6-4-8-15(17,9-7-13)10-14-16-12(2)11-18-14/h11,13,17H,3-10H2,1-2H3. The highest BCUT2D eigenvalue weighted by atomic mass is 32.1. The van der Waals surface area contributed by atoms with Crippen molar-refractivity contribution in [1.82, 2.24) is 4.98 Å². The minimum atomic E-state index is -0.493. The van der Waals surface area contributed by atoms with Crippen LogP contribution in [0.25, 0.3) is 0 Å². The van der Waals surface area contributed by atoms with Crippen molar-refractivity contribution in [2.75, 3.05) is 0 Å². The van der Waals surface area contributed by atoms with Crippen molar-refractivity contribution in [2.45, 2.75) is 70.8 Å². The Labute approximate surface area is 114 Å². The van der Waals surface area contributed by atoms with E-state index in [0.29, 0.717) is 0 Å². The molecule has 2 rings (SSSR count). The van der Waals surface area contributed by atoms with Gasteiger partial charge in [-0.3, -0.25) is 0 Å². The lowest BCUT2D eigenvalue weighted by Crippen LogP contribution is -2.30. The summed E-state index contributed by atoms with van der Waals surface area (Å²) in [4.78, 5) is 4.49. The molecule has 2 nitrogen and oxygen atoms in total. The maximum absolute atomic E-state index is 10.8. The molecule has 0 spiro atoms. The lowest BCUT2D eigenvalue weighted by atomic mass is 9.90. The maximum Gasteiger partial charge on any atom is 0.0956 e. The lowest BCUT2D eigenvalue weighted by molar-refractivity contribution is 0.0240. The van der Waals surface area contributed by atoms with Crippen LogP contribution in [0.4, 0.5) is 0 Å². The highest BCUT2D eigenvalue weighted by Crippen LogP contribution is 2.35. The number of nitrogens with zero attached hydrogens (tertiary/aromatic N) is 1. The molecule has 0 bridgehead atoms. The van der Waals surface area contributed by atoms with Crippen molar-refractivity contribution in [3.63, 3.8) is 0 Å². The van der Waals surface area contributed by atoms with Gasteiger partial charge in [-0.15, -0.1) is 11.3 Å². The zero-order valence-electron chi connectivity index (χ0n) is 11.6. The molecule has 0 aliphatic heterocycles. The van der Waals surface area contributed by atoms with E-state index in [1.165, 1.54) is 32.1 Å². The van der Waals surface area contributed by atoms with Crippen LogP contribution in [0.5, 0.6) is 0 Å².